The molecule has 2 heterocycles. The summed E-state index contributed by atoms with van der Waals surface area (Å²) in [5.74, 6) is 0.462. The molecule has 0 radical (unpaired) electrons. The van der Waals surface area contributed by atoms with Crippen molar-refractivity contribution in [2.45, 2.75) is 39.2 Å². The Morgan fingerprint density at radius 3 is 2.65 bits per heavy atom. The molecule has 1 aliphatic rings. The highest BCUT2D eigenvalue weighted by Crippen LogP contribution is 2.22. The van der Waals surface area contributed by atoms with E-state index in [1.807, 2.05) is 13.8 Å². The summed E-state index contributed by atoms with van der Waals surface area (Å²) >= 11 is 0. The Labute approximate surface area is 118 Å². The maximum Gasteiger partial charge on any atom is 0.244 e. The van der Waals surface area contributed by atoms with Crippen molar-refractivity contribution < 1.29 is 4.79 Å². The molecule has 1 amide bonds. The maximum atomic E-state index is 11.9. The van der Waals surface area contributed by atoms with Crippen LogP contribution < -0.4 is 5.32 Å². The first kappa shape index (κ1) is 14.3. The summed E-state index contributed by atoms with van der Waals surface area (Å²) in [6.07, 6.45) is 2.20. The van der Waals surface area contributed by atoms with E-state index in [2.05, 4.69) is 21.6 Å². The molecule has 0 spiro atoms. The number of carbonyl (C=O) groups excluding carboxylic acids is 1. The third-order valence-corrected chi connectivity index (χ3v) is 3.70. The standard InChI is InChI=1S/C14H19N5O/c1-4-9-10(8-15)13(18-17-11(9)5-2)16-12-6-7-19(3)14(12)20/h12H,4-7H2,1-3H3,(H,16,18). The minimum atomic E-state index is -0.307. The van der Waals surface area contributed by atoms with Crippen LogP contribution in [0.2, 0.25) is 0 Å². The van der Waals surface area contributed by atoms with E-state index in [9.17, 15) is 10.1 Å². The minimum absolute atomic E-state index is 0.0355. The van der Waals surface area contributed by atoms with Crippen LogP contribution in [0.4, 0.5) is 5.82 Å². The van der Waals surface area contributed by atoms with Gasteiger partial charge in [0.2, 0.25) is 5.91 Å². The quantitative estimate of drug-likeness (QED) is 0.888. The van der Waals surface area contributed by atoms with E-state index in [1.165, 1.54) is 0 Å². The SMILES string of the molecule is CCc1nnc(NC2CCN(C)C2=O)c(C#N)c1CC. The van der Waals surface area contributed by atoms with Crippen LogP contribution in [0.1, 0.15) is 37.1 Å². The lowest BCUT2D eigenvalue weighted by molar-refractivity contribution is -0.127. The fraction of sp³-hybridized carbons (Fsp3) is 0.571. The van der Waals surface area contributed by atoms with Crippen LogP contribution in [0.5, 0.6) is 0 Å². The van der Waals surface area contributed by atoms with Crippen LogP contribution in [0.3, 0.4) is 0 Å². The number of aryl methyl sites for hydroxylation is 1. The highest BCUT2D eigenvalue weighted by atomic mass is 16.2. The van der Waals surface area contributed by atoms with Crippen molar-refractivity contribution in [3.63, 3.8) is 0 Å². The van der Waals surface area contributed by atoms with Gasteiger partial charge in [-0.3, -0.25) is 4.79 Å². The van der Waals surface area contributed by atoms with Crippen molar-refractivity contribution in [1.82, 2.24) is 15.1 Å². The predicted octanol–water partition coefficient (Wildman–Crippen LogP) is 1.12. The topological polar surface area (TPSA) is 81.9 Å². The summed E-state index contributed by atoms with van der Waals surface area (Å²) in [7, 11) is 1.78. The number of hydrogen-bond acceptors (Lipinski definition) is 5. The smallest absolute Gasteiger partial charge is 0.244 e. The van der Waals surface area contributed by atoms with Crippen molar-refractivity contribution in [1.29, 1.82) is 5.26 Å². The predicted molar refractivity (Wildman–Crippen MR) is 75.2 cm³/mol. The molecule has 6 nitrogen and oxygen atoms in total. The Kier molecular flexibility index (Phi) is 4.18. The Morgan fingerprint density at radius 1 is 1.40 bits per heavy atom. The summed E-state index contributed by atoms with van der Waals surface area (Å²) in [6, 6.07) is 1.89. The number of anilines is 1. The van der Waals surface area contributed by atoms with E-state index in [-0.39, 0.29) is 11.9 Å². The molecule has 0 saturated carbocycles. The average molecular weight is 273 g/mol. The highest BCUT2D eigenvalue weighted by Gasteiger charge is 2.30. The number of nitrogens with zero attached hydrogens (tertiary/aromatic N) is 4. The van der Waals surface area contributed by atoms with Gasteiger partial charge in [-0.2, -0.15) is 10.4 Å². The Bertz CT molecular complexity index is 563. The number of nitrogens with one attached hydrogen (secondary N) is 1. The molecule has 1 aliphatic heterocycles. The fourth-order valence-corrected chi connectivity index (χ4v) is 2.52. The molecule has 20 heavy (non-hydrogen) atoms. The summed E-state index contributed by atoms with van der Waals surface area (Å²) in [5.41, 5.74) is 2.29. The molecule has 0 aromatic carbocycles. The number of amides is 1. The first-order valence-electron chi connectivity index (χ1n) is 6.92. The number of hydrogen-bond donors (Lipinski definition) is 1. The van der Waals surface area contributed by atoms with E-state index in [0.717, 1.165) is 37.1 Å². The second kappa shape index (κ2) is 5.87. The normalized spacial score (nSPS) is 18.2. The molecule has 1 fully saturated rings. The van der Waals surface area contributed by atoms with Gasteiger partial charge in [0, 0.05) is 13.6 Å². The summed E-state index contributed by atoms with van der Waals surface area (Å²) < 4.78 is 0. The van der Waals surface area contributed by atoms with Crippen LogP contribution >= 0.6 is 0 Å². The average Bonchev–Trinajstić information content (AvgIpc) is 2.78. The zero-order chi connectivity index (χ0) is 14.7. The van der Waals surface area contributed by atoms with Crippen LogP contribution in [0.15, 0.2) is 0 Å². The van der Waals surface area contributed by atoms with Gasteiger partial charge in [0.05, 0.1) is 5.69 Å². The van der Waals surface area contributed by atoms with E-state index >= 15 is 0 Å². The minimum Gasteiger partial charge on any atom is -0.356 e. The van der Waals surface area contributed by atoms with E-state index in [1.54, 1.807) is 11.9 Å². The van der Waals surface area contributed by atoms with Crippen LogP contribution in [0, 0.1) is 11.3 Å². The molecule has 1 atom stereocenters. The lowest BCUT2D eigenvalue weighted by Crippen LogP contribution is -2.31. The van der Waals surface area contributed by atoms with E-state index in [4.69, 9.17) is 0 Å². The molecule has 1 aromatic heterocycles. The third-order valence-electron chi connectivity index (χ3n) is 3.70. The molecule has 1 saturated heterocycles. The number of rotatable bonds is 4. The van der Waals surface area contributed by atoms with E-state index in [0.29, 0.717) is 11.4 Å². The van der Waals surface area contributed by atoms with Gasteiger partial charge in [-0.25, -0.2) is 0 Å². The number of nitriles is 1. The Morgan fingerprint density at radius 2 is 2.15 bits per heavy atom. The van der Waals surface area contributed by atoms with Gasteiger partial charge in [0.25, 0.3) is 0 Å². The number of likely N-dealkylation sites (N-methyl/N-ethyl adjacent to an activating group) is 1. The van der Waals surface area contributed by atoms with Crippen molar-refractivity contribution >= 4 is 11.7 Å². The van der Waals surface area contributed by atoms with Crippen molar-refractivity contribution in [2.24, 2.45) is 0 Å². The Balaban J connectivity index is 2.33. The van der Waals surface area contributed by atoms with Gasteiger partial charge in [0.15, 0.2) is 5.82 Å². The van der Waals surface area contributed by atoms with Gasteiger partial charge >= 0.3 is 0 Å². The van der Waals surface area contributed by atoms with Crippen molar-refractivity contribution in [3.05, 3.63) is 16.8 Å². The second-order valence-electron chi connectivity index (χ2n) is 4.91. The molecule has 0 bridgehead atoms. The molecule has 106 valence electrons. The lowest BCUT2D eigenvalue weighted by Gasteiger charge is -2.15. The third kappa shape index (κ3) is 2.44. The van der Waals surface area contributed by atoms with Gasteiger partial charge in [0.1, 0.15) is 17.7 Å². The lowest BCUT2D eigenvalue weighted by atomic mass is 10.0. The summed E-state index contributed by atoms with van der Waals surface area (Å²) in [6.45, 7) is 4.71. The Hall–Kier alpha value is -2.16. The van der Waals surface area contributed by atoms with Crippen LogP contribution in [-0.2, 0) is 17.6 Å². The van der Waals surface area contributed by atoms with Crippen molar-refractivity contribution in [3.8, 4) is 6.07 Å². The molecule has 6 heteroatoms. The number of likely N-dealkylation sites (tertiary alicyclic amines) is 1. The number of aromatic nitrogens is 2. The number of carbonyl (C=O) groups is 1. The molecular formula is C14H19N5O. The van der Waals surface area contributed by atoms with Gasteiger partial charge in [-0.1, -0.05) is 13.8 Å². The maximum absolute atomic E-state index is 11.9. The first-order valence-corrected chi connectivity index (χ1v) is 6.92. The van der Waals surface area contributed by atoms with Crippen LogP contribution in [0.25, 0.3) is 0 Å². The zero-order valence-corrected chi connectivity index (χ0v) is 12.1. The molecule has 1 aromatic rings. The molecule has 0 aliphatic carbocycles. The van der Waals surface area contributed by atoms with Gasteiger partial charge in [-0.15, -0.1) is 5.10 Å². The summed E-state index contributed by atoms with van der Waals surface area (Å²) in [4.78, 5) is 13.6. The zero-order valence-electron chi connectivity index (χ0n) is 12.1. The first-order chi connectivity index (χ1) is 9.62. The van der Waals surface area contributed by atoms with Crippen LogP contribution in [-0.4, -0.2) is 40.6 Å². The molecule has 1 N–H and O–H groups in total. The van der Waals surface area contributed by atoms with E-state index < -0.39 is 0 Å². The largest absolute Gasteiger partial charge is 0.356 e. The molecule has 2 rings (SSSR count). The monoisotopic (exact) mass is 273 g/mol. The van der Waals surface area contributed by atoms with Gasteiger partial charge in [-0.05, 0) is 24.8 Å². The molecular weight excluding hydrogens is 254 g/mol. The fourth-order valence-electron chi connectivity index (χ4n) is 2.52. The summed E-state index contributed by atoms with van der Waals surface area (Å²) in [5, 5.41) is 20.7. The molecule has 1 unspecified atom stereocenters. The van der Waals surface area contributed by atoms with Gasteiger partial charge < -0.3 is 10.2 Å². The highest BCUT2D eigenvalue weighted by molar-refractivity contribution is 5.86. The van der Waals surface area contributed by atoms with Crippen molar-refractivity contribution in [2.75, 3.05) is 18.9 Å². The second-order valence-corrected chi connectivity index (χ2v) is 4.91.